The van der Waals surface area contributed by atoms with Gasteiger partial charge in [-0.05, 0) is 25.2 Å². The first kappa shape index (κ1) is 11.0. The number of nitrogens with one attached hydrogen (secondary N) is 1. The lowest BCUT2D eigenvalue weighted by Gasteiger charge is -2.23. The van der Waals surface area contributed by atoms with Crippen LogP contribution >= 0.6 is 0 Å². The molecule has 1 rings (SSSR count). The molecule has 1 fully saturated rings. The molecule has 0 aromatic rings. The van der Waals surface area contributed by atoms with Crippen LogP contribution in [0.15, 0.2) is 0 Å². The first-order valence-electron chi connectivity index (χ1n) is 4.91. The number of rotatable bonds is 6. The van der Waals surface area contributed by atoms with Gasteiger partial charge in [-0.15, -0.1) is 0 Å². The molecule has 3 heteroatoms. The average molecular weight is 187 g/mol. The van der Waals surface area contributed by atoms with Gasteiger partial charge >= 0.3 is 0 Å². The monoisotopic (exact) mass is 187 g/mol. The van der Waals surface area contributed by atoms with Gasteiger partial charge in [0.05, 0.1) is 0 Å². The van der Waals surface area contributed by atoms with E-state index in [1.807, 2.05) is 0 Å². The molecule has 1 unspecified atom stereocenters. The molecule has 0 aromatic heterocycles. The minimum atomic E-state index is -0.121. The van der Waals surface area contributed by atoms with Gasteiger partial charge in [-0.25, -0.2) is 0 Å². The van der Waals surface area contributed by atoms with E-state index in [2.05, 4.69) is 19.2 Å². The van der Waals surface area contributed by atoms with Crippen LogP contribution in [0.3, 0.4) is 0 Å². The van der Waals surface area contributed by atoms with Crippen LogP contribution < -0.4 is 5.32 Å². The van der Waals surface area contributed by atoms with Gasteiger partial charge in [-0.1, -0.05) is 6.92 Å². The fourth-order valence-corrected chi connectivity index (χ4v) is 1.41. The Kier molecular flexibility index (Phi) is 3.71. The van der Waals surface area contributed by atoms with E-state index in [4.69, 9.17) is 9.47 Å². The minimum Gasteiger partial charge on any atom is -0.355 e. The lowest BCUT2D eigenvalue weighted by atomic mass is 10.0. The molecule has 0 amide bonds. The van der Waals surface area contributed by atoms with Crippen LogP contribution in [-0.2, 0) is 9.47 Å². The van der Waals surface area contributed by atoms with E-state index >= 15 is 0 Å². The molecule has 0 heterocycles. The van der Waals surface area contributed by atoms with Crippen LogP contribution in [0, 0.1) is 5.41 Å². The summed E-state index contributed by atoms with van der Waals surface area (Å²) in [5.74, 6) is 0. The molecule has 0 radical (unpaired) electrons. The third-order valence-electron chi connectivity index (χ3n) is 3.20. The van der Waals surface area contributed by atoms with E-state index in [1.165, 1.54) is 12.8 Å². The second-order valence-corrected chi connectivity index (χ2v) is 4.18. The maximum absolute atomic E-state index is 5.10. The predicted molar refractivity (Wildman–Crippen MR) is 52.6 cm³/mol. The molecule has 1 atom stereocenters. The molecule has 1 N–H and O–H groups in total. The Labute approximate surface area is 80.8 Å². The lowest BCUT2D eigenvalue weighted by Crippen LogP contribution is -2.39. The summed E-state index contributed by atoms with van der Waals surface area (Å²) in [5.41, 5.74) is 0.520. The van der Waals surface area contributed by atoms with Gasteiger partial charge in [0.1, 0.15) is 0 Å². The number of ether oxygens (including phenoxy) is 2. The van der Waals surface area contributed by atoms with Crippen molar-refractivity contribution in [2.24, 2.45) is 5.41 Å². The molecule has 3 nitrogen and oxygen atoms in total. The summed E-state index contributed by atoms with van der Waals surface area (Å²) in [5, 5.41) is 3.44. The summed E-state index contributed by atoms with van der Waals surface area (Å²) in [7, 11) is 3.33. The molecule has 0 saturated heterocycles. The minimum absolute atomic E-state index is 0.121. The SMILES string of the molecule is COC(CNC(C)C1(C)CC1)OC. The zero-order valence-electron chi connectivity index (χ0n) is 9.09. The first-order valence-corrected chi connectivity index (χ1v) is 4.91. The van der Waals surface area contributed by atoms with Crippen molar-refractivity contribution in [1.82, 2.24) is 5.32 Å². The van der Waals surface area contributed by atoms with Crippen LogP contribution in [0.25, 0.3) is 0 Å². The summed E-state index contributed by atoms with van der Waals surface area (Å²) < 4.78 is 10.2. The Bertz CT molecular complexity index is 153. The molecule has 1 saturated carbocycles. The molecular weight excluding hydrogens is 166 g/mol. The van der Waals surface area contributed by atoms with Gasteiger partial charge in [-0.2, -0.15) is 0 Å². The normalized spacial score (nSPS) is 21.9. The fourth-order valence-electron chi connectivity index (χ4n) is 1.41. The van der Waals surface area contributed by atoms with E-state index in [1.54, 1.807) is 14.2 Å². The maximum Gasteiger partial charge on any atom is 0.169 e. The van der Waals surface area contributed by atoms with Crippen molar-refractivity contribution in [1.29, 1.82) is 0 Å². The summed E-state index contributed by atoms with van der Waals surface area (Å²) in [6, 6.07) is 0.556. The zero-order chi connectivity index (χ0) is 9.90. The van der Waals surface area contributed by atoms with Gasteiger partial charge in [0, 0.05) is 26.8 Å². The van der Waals surface area contributed by atoms with E-state index in [9.17, 15) is 0 Å². The molecule has 0 spiro atoms. The van der Waals surface area contributed by atoms with Crippen LogP contribution in [0.2, 0.25) is 0 Å². The quantitative estimate of drug-likeness (QED) is 0.637. The van der Waals surface area contributed by atoms with Crippen molar-refractivity contribution in [3.05, 3.63) is 0 Å². The smallest absolute Gasteiger partial charge is 0.169 e. The van der Waals surface area contributed by atoms with Gasteiger partial charge in [0.15, 0.2) is 6.29 Å². The molecule has 1 aliphatic rings. The molecule has 0 aromatic carbocycles. The molecule has 0 bridgehead atoms. The summed E-state index contributed by atoms with van der Waals surface area (Å²) in [6.07, 6.45) is 2.56. The van der Waals surface area contributed by atoms with E-state index in [0.29, 0.717) is 11.5 Å². The third kappa shape index (κ3) is 2.93. The molecular formula is C10H21NO2. The van der Waals surface area contributed by atoms with Crippen LogP contribution in [0.1, 0.15) is 26.7 Å². The number of hydrogen-bond donors (Lipinski definition) is 1. The topological polar surface area (TPSA) is 30.5 Å². The van der Waals surface area contributed by atoms with E-state index in [0.717, 1.165) is 6.54 Å². The maximum atomic E-state index is 5.10. The van der Waals surface area contributed by atoms with Crippen molar-refractivity contribution in [2.75, 3.05) is 20.8 Å². The standard InChI is InChI=1S/C10H21NO2/c1-8(10(2)5-6-10)11-7-9(12-3)13-4/h8-9,11H,5-7H2,1-4H3. The summed E-state index contributed by atoms with van der Waals surface area (Å²) >= 11 is 0. The van der Waals surface area contributed by atoms with Crippen molar-refractivity contribution in [2.45, 2.75) is 39.0 Å². The first-order chi connectivity index (χ1) is 6.12. The fraction of sp³-hybridized carbons (Fsp3) is 1.00. The summed E-state index contributed by atoms with van der Waals surface area (Å²) in [4.78, 5) is 0. The van der Waals surface area contributed by atoms with Crippen molar-refractivity contribution < 1.29 is 9.47 Å². The second-order valence-electron chi connectivity index (χ2n) is 4.18. The largest absolute Gasteiger partial charge is 0.355 e. The Morgan fingerprint density at radius 3 is 2.23 bits per heavy atom. The lowest BCUT2D eigenvalue weighted by molar-refractivity contribution is -0.100. The Morgan fingerprint density at radius 2 is 1.85 bits per heavy atom. The highest BCUT2D eigenvalue weighted by Crippen LogP contribution is 2.47. The highest BCUT2D eigenvalue weighted by Gasteiger charge is 2.42. The van der Waals surface area contributed by atoms with Crippen LogP contribution in [-0.4, -0.2) is 33.1 Å². The van der Waals surface area contributed by atoms with Crippen molar-refractivity contribution in [3.8, 4) is 0 Å². The summed E-state index contributed by atoms with van der Waals surface area (Å²) in [6.45, 7) is 5.32. The van der Waals surface area contributed by atoms with E-state index in [-0.39, 0.29) is 6.29 Å². The second kappa shape index (κ2) is 4.40. The zero-order valence-corrected chi connectivity index (χ0v) is 9.09. The molecule has 1 aliphatic carbocycles. The van der Waals surface area contributed by atoms with Crippen molar-refractivity contribution in [3.63, 3.8) is 0 Å². The Hall–Kier alpha value is -0.120. The van der Waals surface area contributed by atoms with Gasteiger partial charge < -0.3 is 14.8 Å². The highest BCUT2D eigenvalue weighted by atomic mass is 16.7. The van der Waals surface area contributed by atoms with Gasteiger partial charge in [-0.3, -0.25) is 0 Å². The number of hydrogen-bond acceptors (Lipinski definition) is 3. The molecule has 78 valence electrons. The third-order valence-corrected chi connectivity index (χ3v) is 3.20. The van der Waals surface area contributed by atoms with Crippen molar-refractivity contribution >= 4 is 0 Å². The Balaban J connectivity index is 2.17. The van der Waals surface area contributed by atoms with Crippen LogP contribution in [0.4, 0.5) is 0 Å². The van der Waals surface area contributed by atoms with E-state index < -0.39 is 0 Å². The Morgan fingerprint density at radius 1 is 1.31 bits per heavy atom. The molecule has 13 heavy (non-hydrogen) atoms. The highest BCUT2D eigenvalue weighted by molar-refractivity contribution is 4.96. The van der Waals surface area contributed by atoms with Gasteiger partial charge in [0.2, 0.25) is 0 Å². The average Bonchev–Trinajstić information content (AvgIpc) is 2.86. The predicted octanol–water partition coefficient (Wildman–Crippen LogP) is 1.38. The number of methoxy groups -OCH3 is 2. The van der Waals surface area contributed by atoms with Crippen LogP contribution in [0.5, 0.6) is 0 Å². The molecule has 0 aliphatic heterocycles. The van der Waals surface area contributed by atoms with Gasteiger partial charge in [0.25, 0.3) is 0 Å².